The molecule has 22 heavy (non-hydrogen) atoms. The Balaban J connectivity index is 2.04. The van der Waals surface area contributed by atoms with Gasteiger partial charge in [0.15, 0.2) is 0 Å². The lowest BCUT2D eigenvalue weighted by Crippen LogP contribution is -2.25. The van der Waals surface area contributed by atoms with Crippen molar-refractivity contribution in [3.05, 3.63) is 77.5 Å². The smallest absolute Gasteiger partial charge is 0.335 e. The molecule has 0 bridgehead atoms. The Labute approximate surface area is 130 Å². The zero-order chi connectivity index (χ0) is 16.0. The number of nitrogens with two attached hydrogens (primary N) is 1. The summed E-state index contributed by atoms with van der Waals surface area (Å²) in [6.45, 7) is 1.89. The number of hydrogen-bond donors (Lipinski definition) is 2. The minimum absolute atomic E-state index is 0.0206. The molecular formula is C16H18N2O3S. The van der Waals surface area contributed by atoms with Crippen LogP contribution in [0.15, 0.2) is 71.9 Å². The zero-order valence-electron chi connectivity index (χ0n) is 12.1. The molecule has 0 heterocycles. The van der Waals surface area contributed by atoms with E-state index in [4.69, 9.17) is 9.92 Å². The number of nitrogens with one attached hydrogen (secondary N) is 1. The number of rotatable bonds is 6. The Bertz CT molecular complexity index is 729. The highest BCUT2D eigenvalue weighted by Crippen LogP contribution is 2.14. The monoisotopic (exact) mass is 318 g/mol. The van der Waals surface area contributed by atoms with Crippen molar-refractivity contribution >= 4 is 10.1 Å². The first-order valence-electron chi connectivity index (χ1n) is 6.74. The van der Waals surface area contributed by atoms with E-state index in [2.05, 4.69) is 5.32 Å². The van der Waals surface area contributed by atoms with E-state index in [9.17, 15) is 8.42 Å². The van der Waals surface area contributed by atoms with Crippen molar-refractivity contribution in [1.82, 2.24) is 5.32 Å². The normalized spacial score (nSPS) is 13.4. The molecule has 0 fully saturated rings. The second-order valence-electron chi connectivity index (χ2n) is 4.74. The summed E-state index contributed by atoms with van der Waals surface area (Å²) in [6.07, 6.45) is 0. The predicted molar refractivity (Wildman–Crippen MR) is 86.3 cm³/mol. The minimum Gasteiger partial charge on any atom is -0.385 e. The fraction of sp³-hybridized carbons (Fsp3) is 0.125. The third kappa shape index (κ3) is 4.82. The van der Waals surface area contributed by atoms with Crippen LogP contribution in [-0.2, 0) is 10.1 Å². The van der Waals surface area contributed by atoms with E-state index >= 15 is 0 Å². The summed E-state index contributed by atoms with van der Waals surface area (Å²) in [5.74, 6) is 0.259. The van der Waals surface area contributed by atoms with Gasteiger partial charge in [0, 0.05) is 6.04 Å². The summed E-state index contributed by atoms with van der Waals surface area (Å²) in [6, 6.07) is 17.7. The van der Waals surface area contributed by atoms with E-state index in [1.165, 1.54) is 0 Å². The van der Waals surface area contributed by atoms with E-state index in [1.54, 1.807) is 30.3 Å². The van der Waals surface area contributed by atoms with Crippen LogP contribution in [0.25, 0.3) is 0 Å². The van der Waals surface area contributed by atoms with Gasteiger partial charge in [-0.1, -0.05) is 48.5 Å². The maximum atomic E-state index is 11.9. The van der Waals surface area contributed by atoms with Crippen LogP contribution >= 0.6 is 0 Å². The predicted octanol–water partition coefficient (Wildman–Crippen LogP) is 2.50. The highest BCUT2D eigenvalue weighted by molar-refractivity contribution is 7.90. The Hall–Kier alpha value is -2.47. The van der Waals surface area contributed by atoms with Crippen LogP contribution in [0, 0.1) is 0 Å². The summed E-state index contributed by atoms with van der Waals surface area (Å²) >= 11 is 0. The molecule has 2 rings (SSSR count). The molecule has 1 unspecified atom stereocenters. The Morgan fingerprint density at radius 3 is 2.23 bits per heavy atom. The summed E-state index contributed by atoms with van der Waals surface area (Å²) in [4.78, 5) is 0. The molecule has 0 radical (unpaired) electrons. The molecular weight excluding hydrogens is 300 g/mol. The van der Waals surface area contributed by atoms with Crippen LogP contribution in [0.3, 0.4) is 0 Å². The van der Waals surface area contributed by atoms with Crippen LogP contribution in [0.5, 0.6) is 5.75 Å². The van der Waals surface area contributed by atoms with Gasteiger partial charge in [-0.15, -0.1) is 0 Å². The fourth-order valence-electron chi connectivity index (χ4n) is 1.90. The average Bonchev–Trinajstić information content (AvgIpc) is 2.47. The third-order valence-corrected chi connectivity index (χ3v) is 3.88. The molecule has 0 aliphatic rings. The second-order valence-corrected chi connectivity index (χ2v) is 6.13. The quantitative estimate of drug-likeness (QED) is 0.800. The summed E-state index contributed by atoms with van der Waals surface area (Å²) in [7, 11) is -3.91. The van der Waals surface area contributed by atoms with Gasteiger partial charge in [0.25, 0.3) is 0 Å². The maximum Gasteiger partial charge on any atom is 0.335 e. The molecule has 2 aromatic carbocycles. The molecule has 6 heteroatoms. The van der Waals surface area contributed by atoms with Crippen molar-refractivity contribution in [3.8, 4) is 5.75 Å². The molecule has 0 saturated heterocycles. The standard InChI is InChI=1S/C16H18N2O3S/c1-13(14-8-4-2-5-9-14)18-16(17)12-22(19,20)21-15-10-6-3-7-11-15/h2-13,18H,17H2,1H3/b16-12+. The van der Waals surface area contributed by atoms with E-state index in [-0.39, 0.29) is 17.6 Å². The van der Waals surface area contributed by atoms with Crippen molar-refractivity contribution in [2.24, 2.45) is 5.73 Å². The van der Waals surface area contributed by atoms with Crippen LogP contribution in [0.4, 0.5) is 0 Å². The van der Waals surface area contributed by atoms with Crippen LogP contribution in [-0.4, -0.2) is 8.42 Å². The molecule has 0 saturated carbocycles. The Morgan fingerprint density at radius 2 is 1.64 bits per heavy atom. The van der Waals surface area contributed by atoms with E-state index < -0.39 is 10.1 Å². The fourth-order valence-corrected chi connectivity index (χ4v) is 2.71. The molecule has 0 aliphatic carbocycles. The van der Waals surface area contributed by atoms with Crippen molar-refractivity contribution in [2.45, 2.75) is 13.0 Å². The topological polar surface area (TPSA) is 81.4 Å². The molecule has 0 spiro atoms. The van der Waals surface area contributed by atoms with Crippen molar-refractivity contribution in [3.63, 3.8) is 0 Å². The lowest BCUT2D eigenvalue weighted by atomic mass is 10.1. The van der Waals surface area contributed by atoms with Crippen LogP contribution in [0.1, 0.15) is 18.5 Å². The van der Waals surface area contributed by atoms with Gasteiger partial charge in [0.05, 0.1) is 0 Å². The first kappa shape index (κ1) is 15.9. The van der Waals surface area contributed by atoms with Crippen LogP contribution in [0.2, 0.25) is 0 Å². The van der Waals surface area contributed by atoms with Gasteiger partial charge in [-0.3, -0.25) is 0 Å². The molecule has 0 aromatic heterocycles. The molecule has 2 aromatic rings. The highest BCUT2D eigenvalue weighted by atomic mass is 32.2. The summed E-state index contributed by atoms with van der Waals surface area (Å²) in [5, 5.41) is 3.79. The van der Waals surface area contributed by atoms with Gasteiger partial charge >= 0.3 is 10.1 Å². The van der Waals surface area contributed by atoms with Gasteiger partial charge in [-0.25, -0.2) is 0 Å². The lowest BCUT2D eigenvalue weighted by molar-refractivity contribution is 0.495. The number of benzene rings is 2. The summed E-state index contributed by atoms with van der Waals surface area (Å²) < 4.78 is 28.8. The molecule has 1 atom stereocenters. The third-order valence-electron chi connectivity index (χ3n) is 2.91. The summed E-state index contributed by atoms with van der Waals surface area (Å²) in [5.41, 5.74) is 6.74. The number of para-hydroxylation sites is 1. The molecule has 5 nitrogen and oxygen atoms in total. The van der Waals surface area contributed by atoms with Gasteiger partial charge < -0.3 is 15.2 Å². The minimum atomic E-state index is -3.91. The molecule has 116 valence electrons. The van der Waals surface area contributed by atoms with E-state index in [0.717, 1.165) is 11.0 Å². The Morgan fingerprint density at radius 1 is 1.09 bits per heavy atom. The van der Waals surface area contributed by atoms with Crippen molar-refractivity contribution in [1.29, 1.82) is 0 Å². The molecule has 0 amide bonds. The van der Waals surface area contributed by atoms with Crippen molar-refractivity contribution < 1.29 is 12.6 Å². The lowest BCUT2D eigenvalue weighted by Gasteiger charge is -2.15. The van der Waals surface area contributed by atoms with E-state index in [1.807, 2.05) is 37.3 Å². The van der Waals surface area contributed by atoms with Gasteiger partial charge in [-0.2, -0.15) is 8.42 Å². The van der Waals surface area contributed by atoms with Crippen LogP contribution < -0.4 is 15.2 Å². The SMILES string of the molecule is CC(N/C(N)=C/S(=O)(=O)Oc1ccccc1)c1ccccc1. The average molecular weight is 318 g/mol. The van der Waals surface area contributed by atoms with E-state index in [0.29, 0.717) is 0 Å². The Kier molecular flexibility index (Phi) is 5.06. The van der Waals surface area contributed by atoms with Crippen molar-refractivity contribution in [2.75, 3.05) is 0 Å². The number of hydrogen-bond acceptors (Lipinski definition) is 5. The first-order chi connectivity index (χ1) is 10.5. The first-order valence-corrected chi connectivity index (χ1v) is 8.21. The second kappa shape index (κ2) is 7.00. The van der Waals surface area contributed by atoms with Gasteiger partial charge in [-0.05, 0) is 24.6 Å². The van der Waals surface area contributed by atoms with Gasteiger partial charge in [0.2, 0.25) is 0 Å². The largest absolute Gasteiger partial charge is 0.385 e. The maximum absolute atomic E-state index is 11.9. The molecule has 3 N–H and O–H groups in total. The van der Waals surface area contributed by atoms with Gasteiger partial charge in [0.1, 0.15) is 17.0 Å². The zero-order valence-corrected chi connectivity index (χ0v) is 13.0. The highest BCUT2D eigenvalue weighted by Gasteiger charge is 2.12. The molecule has 0 aliphatic heterocycles.